The van der Waals surface area contributed by atoms with Crippen molar-refractivity contribution in [3.05, 3.63) is 35.4 Å². The van der Waals surface area contributed by atoms with Crippen molar-refractivity contribution in [1.29, 1.82) is 0 Å². The van der Waals surface area contributed by atoms with Crippen LogP contribution in [0.3, 0.4) is 0 Å². The summed E-state index contributed by atoms with van der Waals surface area (Å²) in [4.78, 5) is 0. The first kappa shape index (κ1) is 19.6. The highest BCUT2D eigenvalue weighted by atomic mass is 19.4. The van der Waals surface area contributed by atoms with Crippen LogP contribution in [0.1, 0.15) is 25.0 Å². The van der Waals surface area contributed by atoms with E-state index >= 15 is 0 Å². The van der Waals surface area contributed by atoms with E-state index in [9.17, 15) is 44.6 Å². The lowest BCUT2D eigenvalue weighted by Gasteiger charge is -2.34. The molecule has 0 atom stereocenters. The Morgan fingerprint density at radius 3 is 1.30 bits per heavy atom. The van der Waals surface area contributed by atoms with E-state index in [-0.39, 0.29) is 17.7 Å². The van der Waals surface area contributed by atoms with Crippen molar-refractivity contribution in [1.82, 2.24) is 0 Å². The van der Waals surface area contributed by atoms with Crippen LogP contribution in [-0.2, 0) is 11.5 Å². The molecule has 132 valence electrons. The van der Waals surface area contributed by atoms with Gasteiger partial charge in [-0.1, -0.05) is 24.3 Å². The van der Waals surface area contributed by atoms with Crippen LogP contribution in [0.2, 0.25) is 0 Å². The molecular formula is C13H11F9O. The predicted molar refractivity (Wildman–Crippen MR) is 61.5 cm³/mol. The molecule has 10 heteroatoms. The first-order valence-corrected chi connectivity index (χ1v) is 6.00. The SMILES string of the molecule is CC(C)(O)c1ccc(C(F)(F)C(F)(F)C(F)(F)C(F)(F)F)cc1. The zero-order chi connectivity index (χ0) is 18.5. The Balaban J connectivity index is 3.35. The summed E-state index contributed by atoms with van der Waals surface area (Å²) in [6.07, 6.45) is -6.85. The van der Waals surface area contributed by atoms with E-state index in [0.29, 0.717) is 0 Å². The van der Waals surface area contributed by atoms with Gasteiger partial charge in [0.25, 0.3) is 0 Å². The van der Waals surface area contributed by atoms with E-state index in [2.05, 4.69) is 0 Å². The second-order valence-corrected chi connectivity index (χ2v) is 5.36. The molecule has 0 aliphatic rings. The fourth-order valence-electron chi connectivity index (χ4n) is 1.64. The molecule has 1 aromatic rings. The summed E-state index contributed by atoms with van der Waals surface area (Å²) in [5.41, 5.74) is -3.31. The molecule has 0 radical (unpaired) electrons. The molecule has 1 rings (SSSR count). The average molecular weight is 354 g/mol. The molecule has 0 aromatic heterocycles. The van der Waals surface area contributed by atoms with Crippen LogP contribution in [-0.4, -0.2) is 23.1 Å². The van der Waals surface area contributed by atoms with E-state index in [1.165, 1.54) is 13.8 Å². The van der Waals surface area contributed by atoms with Gasteiger partial charge in [0, 0.05) is 5.56 Å². The summed E-state index contributed by atoms with van der Waals surface area (Å²) in [7, 11) is 0. The van der Waals surface area contributed by atoms with E-state index in [4.69, 9.17) is 0 Å². The molecule has 0 fully saturated rings. The Morgan fingerprint density at radius 2 is 1.00 bits per heavy atom. The molecule has 23 heavy (non-hydrogen) atoms. The van der Waals surface area contributed by atoms with Crippen LogP contribution in [0.5, 0.6) is 0 Å². The normalized spacial score (nSPS) is 15.0. The summed E-state index contributed by atoms with van der Waals surface area (Å²) in [6.45, 7) is 2.46. The van der Waals surface area contributed by atoms with Crippen molar-refractivity contribution in [3.8, 4) is 0 Å². The molecule has 0 amide bonds. The van der Waals surface area contributed by atoms with E-state index in [0.717, 1.165) is 12.1 Å². The van der Waals surface area contributed by atoms with Crippen molar-refractivity contribution in [2.45, 2.75) is 43.4 Å². The molecule has 1 nitrogen and oxygen atoms in total. The molecular weight excluding hydrogens is 343 g/mol. The van der Waals surface area contributed by atoms with Gasteiger partial charge < -0.3 is 5.11 Å². The fourth-order valence-corrected chi connectivity index (χ4v) is 1.64. The number of alkyl halides is 9. The van der Waals surface area contributed by atoms with Crippen molar-refractivity contribution in [2.75, 3.05) is 0 Å². The first-order chi connectivity index (χ1) is 9.96. The monoisotopic (exact) mass is 354 g/mol. The second kappa shape index (κ2) is 5.29. The number of rotatable bonds is 4. The predicted octanol–water partition coefficient (Wildman–Crippen LogP) is 4.84. The van der Waals surface area contributed by atoms with Gasteiger partial charge in [0.1, 0.15) is 0 Å². The molecule has 0 unspecified atom stereocenters. The van der Waals surface area contributed by atoms with Gasteiger partial charge in [-0.05, 0) is 19.4 Å². The molecule has 0 aliphatic heterocycles. The number of aliphatic hydroxyl groups is 1. The van der Waals surface area contributed by atoms with Gasteiger partial charge in [-0.25, -0.2) is 0 Å². The number of halogens is 9. The van der Waals surface area contributed by atoms with Crippen molar-refractivity contribution >= 4 is 0 Å². The maximum Gasteiger partial charge on any atom is 0.460 e. The average Bonchev–Trinajstić information content (AvgIpc) is 2.36. The van der Waals surface area contributed by atoms with Gasteiger partial charge >= 0.3 is 23.9 Å². The molecule has 0 aliphatic carbocycles. The third-order valence-electron chi connectivity index (χ3n) is 3.10. The van der Waals surface area contributed by atoms with Crippen LogP contribution in [0.25, 0.3) is 0 Å². The maximum atomic E-state index is 13.6. The lowest BCUT2D eigenvalue weighted by Crippen LogP contribution is -2.59. The van der Waals surface area contributed by atoms with Crippen molar-refractivity contribution in [3.63, 3.8) is 0 Å². The van der Waals surface area contributed by atoms with E-state index in [1.807, 2.05) is 0 Å². The molecule has 0 saturated carbocycles. The first-order valence-electron chi connectivity index (χ1n) is 6.00. The summed E-state index contributed by atoms with van der Waals surface area (Å²) in [5, 5.41) is 9.57. The summed E-state index contributed by atoms with van der Waals surface area (Å²) in [5.74, 6) is -19.4. The third-order valence-corrected chi connectivity index (χ3v) is 3.10. The highest BCUT2D eigenvalue weighted by molar-refractivity contribution is 5.31. The lowest BCUT2D eigenvalue weighted by molar-refractivity contribution is -0.399. The lowest BCUT2D eigenvalue weighted by atomic mass is 9.92. The van der Waals surface area contributed by atoms with Crippen LogP contribution in [0, 0.1) is 0 Å². The van der Waals surface area contributed by atoms with Gasteiger partial charge in [-0.15, -0.1) is 0 Å². The second-order valence-electron chi connectivity index (χ2n) is 5.36. The Hall–Kier alpha value is -1.45. The summed E-state index contributed by atoms with van der Waals surface area (Å²) < 4.78 is 115. The van der Waals surface area contributed by atoms with Gasteiger partial charge in [-0.3, -0.25) is 0 Å². The highest BCUT2D eigenvalue weighted by Gasteiger charge is 2.81. The van der Waals surface area contributed by atoms with Gasteiger partial charge in [-0.2, -0.15) is 39.5 Å². The van der Waals surface area contributed by atoms with E-state index < -0.39 is 35.1 Å². The standard InChI is InChI=1S/C13H11F9O/c1-9(2,23)7-3-5-8(6-4-7)10(14,15)11(16,17)12(18,19)13(20,21)22/h3-6,23H,1-2H3. The Labute approximate surface area is 124 Å². The Morgan fingerprint density at radius 1 is 0.652 bits per heavy atom. The molecule has 0 spiro atoms. The highest BCUT2D eigenvalue weighted by Crippen LogP contribution is 2.56. The number of hydrogen-bond acceptors (Lipinski definition) is 1. The van der Waals surface area contributed by atoms with Crippen molar-refractivity contribution in [2.24, 2.45) is 0 Å². The third kappa shape index (κ3) is 3.13. The molecule has 0 heterocycles. The minimum Gasteiger partial charge on any atom is -0.386 e. The summed E-state index contributed by atoms with van der Waals surface area (Å²) >= 11 is 0. The fraction of sp³-hybridized carbons (Fsp3) is 0.538. The zero-order valence-corrected chi connectivity index (χ0v) is 11.7. The van der Waals surface area contributed by atoms with Gasteiger partial charge in [0.05, 0.1) is 5.60 Å². The quantitative estimate of drug-likeness (QED) is 0.768. The van der Waals surface area contributed by atoms with Crippen LogP contribution in [0.15, 0.2) is 24.3 Å². The summed E-state index contributed by atoms with van der Waals surface area (Å²) in [6, 6.07) is 1.97. The topological polar surface area (TPSA) is 20.2 Å². The Kier molecular flexibility index (Phi) is 4.50. The number of benzene rings is 1. The van der Waals surface area contributed by atoms with Crippen molar-refractivity contribution < 1.29 is 44.6 Å². The van der Waals surface area contributed by atoms with Crippen LogP contribution >= 0.6 is 0 Å². The molecule has 0 bridgehead atoms. The minimum atomic E-state index is -6.93. The zero-order valence-electron chi connectivity index (χ0n) is 11.7. The van der Waals surface area contributed by atoms with Crippen LogP contribution in [0.4, 0.5) is 39.5 Å². The minimum absolute atomic E-state index is 0.0250. The molecule has 1 N–H and O–H groups in total. The van der Waals surface area contributed by atoms with Crippen LogP contribution < -0.4 is 0 Å². The Bertz CT molecular complexity index is 552. The molecule has 0 saturated heterocycles. The maximum absolute atomic E-state index is 13.6. The molecule has 1 aromatic carbocycles. The van der Waals surface area contributed by atoms with E-state index in [1.54, 1.807) is 0 Å². The number of hydrogen-bond donors (Lipinski definition) is 1. The largest absolute Gasteiger partial charge is 0.460 e. The van der Waals surface area contributed by atoms with Gasteiger partial charge in [0.2, 0.25) is 0 Å². The van der Waals surface area contributed by atoms with Gasteiger partial charge in [0.15, 0.2) is 0 Å². The smallest absolute Gasteiger partial charge is 0.386 e.